The van der Waals surface area contributed by atoms with Gasteiger partial charge in [0.2, 0.25) is 0 Å². The lowest BCUT2D eigenvalue weighted by Crippen LogP contribution is -1.98. The molecule has 5 heteroatoms. The summed E-state index contributed by atoms with van der Waals surface area (Å²) in [6, 6.07) is 4.64. The molecule has 0 amide bonds. The Hall–Kier alpha value is -0.810. The fraction of sp³-hybridized carbons (Fsp3) is 0. The van der Waals surface area contributed by atoms with E-state index < -0.39 is 5.97 Å². The minimum absolute atomic E-state index is 0.0532. The number of aromatic carboxylic acids is 1. The molecule has 0 bridgehead atoms. The number of thiol groups is 2. The smallest absolute Gasteiger partial charge is 0.339 e. The lowest BCUT2D eigenvalue weighted by atomic mass is 10.2. The highest BCUT2D eigenvalue weighted by molar-refractivity contribution is 7.80. The van der Waals surface area contributed by atoms with E-state index in [0.717, 1.165) is 0 Å². The predicted molar refractivity (Wildman–Crippen MR) is 50.3 cm³/mol. The molecule has 0 aromatic heterocycles. The van der Waals surface area contributed by atoms with Crippen LogP contribution in [0.2, 0.25) is 0 Å². The van der Waals surface area contributed by atoms with Crippen molar-refractivity contribution in [1.29, 1.82) is 0 Å². The summed E-state index contributed by atoms with van der Waals surface area (Å²) >= 11 is 7.54. The van der Waals surface area contributed by atoms with Crippen molar-refractivity contribution < 1.29 is 14.1 Å². The van der Waals surface area contributed by atoms with Crippen LogP contribution in [0.1, 0.15) is 10.4 Å². The lowest BCUT2D eigenvalue weighted by Gasteiger charge is -2.04. The summed E-state index contributed by atoms with van der Waals surface area (Å²) in [5.41, 5.74) is 0.0532. The summed E-state index contributed by atoms with van der Waals surface area (Å²) in [6.07, 6.45) is 0. The predicted octanol–water partition coefficient (Wildman–Crippen LogP) is 1.90. The molecule has 0 radical (unpaired) electrons. The summed E-state index contributed by atoms with van der Waals surface area (Å²) in [5, 5.41) is 8.67. The molecule has 0 fully saturated rings. The van der Waals surface area contributed by atoms with Crippen LogP contribution >= 0.6 is 25.5 Å². The van der Waals surface area contributed by atoms with Gasteiger partial charge < -0.3 is 9.29 Å². The Morgan fingerprint density at radius 2 is 2.17 bits per heavy atom. The molecular formula is C7H6O3S2. The van der Waals surface area contributed by atoms with Crippen LogP contribution in [0.25, 0.3) is 0 Å². The van der Waals surface area contributed by atoms with Gasteiger partial charge in [-0.05, 0) is 12.1 Å². The van der Waals surface area contributed by atoms with Crippen LogP contribution in [-0.4, -0.2) is 11.1 Å². The molecule has 12 heavy (non-hydrogen) atoms. The number of benzene rings is 1. The number of carboxylic acids is 1. The Balaban J connectivity index is 3.27. The maximum absolute atomic E-state index is 10.6. The summed E-state index contributed by atoms with van der Waals surface area (Å²) in [7, 11) is 0. The minimum Gasteiger partial charge on any atom is -0.478 e. The normalized spacial score (nSPS) is 9.50. The van der Waals surface area contributed by atoms with E-state index in [9.17, 15) is 4.79 Å². The molecule has 0 unspecified atom stereocenters. The zero-order valence-corrected chi connectivity index (χ0v) is 7.68. The summed E-state index contributed by atoms with van der Waals surface area (Å²) < 4.78 is 4.57. The molecule has 0 aliphatic heterocycles. The van der Waals surface area contributed by atoms with E-state index in [2.05, 4.69) is 29.7 Å². The zero-order chi connectivity index (χ0) is 9.14. The van der Waals surface area contributed by atoms with Gasteiger partial charge in [-0.25, -0.2) is 4.79 Å². The standard InChI is InChI=1S/C7H6O3S2/c8-7(9)4-2-1-3-5(11)6(4)10-12/h1-3,11-12H,(H,8,9). The van der Waals surface area contributed by atoms with Crippen LogP contribution in [0.3, 0.4) is 0 Å². The molecular weight excluding hydrogens is 196 g/mol. The van der Waals surface area contributed by atoms with Gasteiger partial charge in [0, 0.05) is 17.8 Å². The number of para-hydroxylation sites is 1. The highest BCUT2D eigenvalue weighted by Gasteiger charge is 2.12. The van der Waals surface area contributed by atoms with E-state index in [-0.39, 0.29) is 11.3 Å². The third kappa shape index (κ3) is 1.67. The first-order valence-corrected chi connectivity index (χ1v) is 3.84. The second-order valence-electron chi connectivity index (χ2n) is 2.05. The van der Waals surface area contributed by atoms with Crippen molar-refractivity contribution in [3.8, 4) is 5.75 Å². The Morgan fingerprint density at radius 1 is 1.50 bits per heavy atom. The molecule has 0 atom stereocenters. The second-order valence-corrected chi connectivity index (χ2v) is 2.71. The average molecular weight is 202 g/mol. The van der Waals surface area contributed by atoms with E-state index in [0.29, 0.717) is 4.90 Å². The molecule has 1 aromatic carbocycles. The second kappa shape index (κ2) is 3.73. The summed E-state index contributed by atoms with van der Waals surface area (Å²) in [6.45, 7) is 0. The van der Waals surface area contributed by atoms with E-state index in [1.54, 1.807) is 12.1 Å². The van der Waals surface area contributed by atoms with Crippen molar-refractivity contribution in [3.05, 3.63) is 23.8 Å². The van der Waals surface area contributed by atoms with E-state index >= 15 is 0 Å². The average Bonchev–Trinajstić information content (AvgIpc) is 2.03. The first-order valence-electron chi connectivity index (χ1n) is 3.03. The number of rotatable bonds is 2. The van der Waals surface area contributed by atoms with Crippen molar-refractivity contribution in [1.82, 2.24) is 0 Å². The van der Waals surface area contributed by atoms with Crippen LogP contribution < -0.4 is 4.18 Å². The van der Waals surface area contributed by atoms with Crippen molar-refractivity contribution in [2.45, 2.75) is 4.90 Å². The van der Waals surface area contributed by atoms with Crippen LogP contribution in [0.4, 0.5) is 0 Å². The minimum atomic E-state index is -1.06. The largest absolute Gasteiger partial charge is 0.478 e. The fourth-order valence-corrected chi connectivity index (χ4v) is 1.31. The number of carbonyl (C=O) groups is 1. The summed E-state index contributed by atoms with van der Waals surface area (Å²) in [4.78, 5) is 11.0. The summed E-state index contributed by atoms with van der Waals surface area (Å²) in [5.74, 6) is -0.897. The molecule has 0 heterocycles. The van der Waals surface area contributed by atoms with Gasteiger partial charge >= 0.3 is 5.97 Å². The van der Waals surface area contributed by atoms with E-state index in [4.69, 9.17) is 5.11 Å². The van der Waals surface area contributed by atoms with Gasteiger partial charge in [0.1, 0.15) is 5.56 Å². The first-order chi connectivity index (χ1) is 5.66. The highest BCUT2D eigenvalue weighted by atomic mass is 32.1. The van der Waals surface area contributed by atoms with Crippen LogP contribution in [0.5, 0.6) is 5.75 Å². The van der Waals surface area contributed by atoms with Crippen molar-refractivity contribution in [2.24, 2.45) is 0 Å². The van der Waals surface area contributed by atoms with Gasteiger partial charge in [-0.1, -0.05) is 6.07 Å². The molecule has 0 aliphatic carbocycles. The van der Waals surface area contributed by atoms with Gasteiger partial charge in [0.05, 0.1) is 0 Å². The van der Waals surface area contributed by atoms with Gasteiger partial charge in [-0.2, -0.15) is 0 Å². The molecule has 0 spiro atoms. The Kier molecular flexibility index (Phi) is 2.88. The topological polar surface area (TPSA) is 46.5 Å². The zero-order valence-electron chi connectivity index (χ0n) is 5.89. The number of hydrogen-bond acceptors (Lipinski definition) is 4. The van der Waals surface area contributed by atoms with Crippen LogP contribution in [0.15, 0.2) is 23.1 Å². The quantitative estimate of drug-likeness (QED) is 0.507. The Bertz CT molecular complexity index is 312. The molecule has 0 saturated carbocycles. The van der Waals surface area contributed by atoms with Crippen LogP contribution in [0, 0.1) is 0 Å². The van der Waals surface area contributed by atoms with Gasteiger partial charge in [-0.15, -0.1) is 12.6 Å². The highest BCUT2D eigenvalue weighted by Crippen LogP contribution is 2.27. The third-order valence-electron chi connectivity index (χ3n) is 1.32. The molecule has 3 nitrogen and oxygen atoms in total. The molecule has 64 valence electrons. The monoisotopic (exact) mass is 202 g/mol. The molecule has 1 aromatic rings. The van der Waals surface area contributed by atoms with Crippen molar-refractivity contribution in [3.63, 3.8) is 0 Å². The van der Waals surface area contributed by atoms with Crippen molar-refractivity contribution in [2.75, 3.05) is 0 Å². The van der Waals surface area contributed by atoms with Crippen molar-refractivity contribution >= 4 is 31.5 Å². The Labute approximate surface area is 80.4 Å². The van der Waals surface area contributed by atoms with Crippen LogP contribution in [-0.2, 0) is 0 Å². The van der Waals surface area contributed by atoms with Gasteiger partial charge in [0.25, 0.3) is 0 Å². The molecule has 0 aliphatic rings. The third-order valence-corrected chi connectivity index (χ3v) is 1.85. The van der Waals surface area contributed by atoms with Gasteiger partial charge in [-0.3, -0.25) is 0 Å². The number of hydrogen-bond donors (Lipinski definition) is 3. The molecule has 1 rings (SSSR count). The lowest BCUT2D eigenvalue weighted by molar-refractivity contribution is 0.0695. The number of carboxylic acid groups (broad SMARTS) is 1. The SMILES string of the molecule is O=C(O)c1cccc(S)c1OS. The maximum atomic E-state index is 10.6. The molecule has 0 saturated heterocycles. The fourth-order valence-electron chi connectivity index (χ4n) is 0.789. The maximum Gasteiger partial charge on any atom is 0.339 e. The van der Waals surface area contributed by atoms with E-state index in [1.165, 1.54) is 6.07 Å². The van der Waals surface area contributed by atoms with E-state index in [1.807, 2.05) is 0 Å². The van der Waals surface area contributed by atoms with Gasteiger partial charge in [0.15, 0.2) is 5.75 Å². The first kappa shape index (κ1) is 9.28. The Morgan fingerprint density at radius 3 is 2.58 bits per heavy atom. The molecule has 1 N–H and O–H groups in total.